The number of carbonyl (C=O) groups excluding carboxylic acids is 1. The fraction of sp³-hybridized carbons (Fsp3) is 0.643. The Morgan fingerprint density at radius 3 is 3.05 bits per heavy atom. The van der Waals surface area contributed by atoms with Gasteiger partial charge >= 0.3 is 0 Å². The van der Waals surface area contributed by atoms with Gasteiger partial charge in [-0.15, -0.1) is 0 Å². The predicted molar refractivity (Wildman–Crippen MR) is 80.0 cm³/mol. The molecule has 6 heteroatoms. The molecule has 1 amide bonds. The minimum atomic E-state index is 0.0665. The molecule has 1 saturated heterocycles. The summed E-state index contributed by atoms with van der Waals surface area (Å²) in [6.45, 7) is 3.05. The quantitative estimate of drug-likeness (QED) is 0.905. The van der Waals surface area contributed by atoms with Crippen LogP contribution in [0.25, 0.3) is 0 Å². The van der Waals surface area contributed by atoms with Crippen LogP contribution in [-0.4, -0.2) is 54.8 Å². The summed E-state index contributed by atoms with van der Waals surface area (Å²) >= 11 is 3.47. The van der Waals surface area contributed by atoms with E-state index in [1.54, 1.807) is 4.90 Å². The van der Waals surface area contributed by atoms with Crippen LogP contribution >= 0.6 is 15.9 Å². The molecule has 1 atom stereocenters. The van der Waals surface area contributed by atoms with Crippen molar-refractivity contribution in [2.45, 2.75) is 25.0 Å². The highest BCUT2D eigenvalue weighted by molar-refractivity contribution is 9.10. The molecular formula is C14H20BrN3O2. The Morgan fingerprint density at radius 1 is 1.60 bits per heavy atom. The zero-order chi connectivity index (χ0) is 14.1. The monoisotopic (exact) mass is 341 g/mol. The second-order valence-electron chi connectivity index (χ2n) is 5.56. The van der Waals surface area contributed by atoms with E-state index in [1.165, 1.54) is 12.8 Å². The van der Waals surface area contributed by atoms with E-state index in [9.17, 15) is 4.79 Å². The van der Waals surface area contributed by atoms with Crippen molar-refractivity contribution in [2.75, 3.05) is 33.3 Å². The number of likely N-dealkylation sites (N-methyl/N-ethyl adjacent to an activating group) is 1. The maximum absolute atomic E-state index is 12.6. The van der Waals surface area contributed by atoms with Crippen molar-refractivity contribution in [1.82, 2.24) is 14.8 Å². The Labute approximate surface area is 127 Å². The molecule has 2 heterocycles. The van der Waals surface area contributed by atoms with Crippen molar-refractivity contribution in [3.05, 3.63) is 22.4 Å². The highest BCUT2D eigenvalue weighted by Crippen LogP contribution is 2.37. The summed E-state index contributed by atoms with van der Waals surface area (Å²) in [6, 6.07) is 2.41. The van der Waals surface area contributed by atoms with Gasteiger partial charge in [0.2, 0.25) is 0 Å². The van der Waals surface area contributed by atoms with Gasteiger partial charge in [0, 0.05) is 43.4 Å². The van der Waals surface area contributed by atoms with E-state index in [0.717, 1.165) is 29.9 Å². The molecule has 20 heavy (non-hydrogen) atoms. The second-order valence-corrected chi connectivity index (χ2v) is 6.48. The summed E-state index contributed by atoms with van der Waals surface area (Å²) in [5.41, 5.74) is 0.769. The predicted octanol–water partition coefficient (Wildman–Crippen LogP) is 1.65. The maximum Gasteiger partial charge on any atom is 0.270 e. The summed E-state index contributed by atoms with van der Waals surface area (Å²) < 4.78 is 8.73. The van der Waals surface area contributed by atoms with Crippen LogP contribution in [0, 0.1) is 0 Å². The fourth-order valence-corrected chi connectivity index (χ4v) is 3.03. The fourth-order valence-electron chi connectivity index (χ4n) is 2.59. The van der Waals surface area contributed by atoms with Crippen LogP contribution in [-0.2, 0) is 4.74 Å². The van der Waals surface area contributed by atoms with Crippen LogP contribution in [0.2, 0.25) is 0 Å². The van der Waals surface area contributed by atoms with Gasteiger partial charge in [-0.2, -0.15) is 0 Å². The van der Waals surface area contributed by atoms with Crippen LogP contribution < -0.4 is 5.32 Å². The number of rotatable bonds is 4. The van der Waals surface area contributed by atoms with Crippen molar-refractivity contribution in [3.63, 3.8) is 0 Å². The number of nitrogens with one attached hydrogen (secondary N) is 1. The van der Waals surface area contributed by atoms with Gasteiger partial charge < -0.3 is 19.5 Å². The van der Waals surface area contributed by atoms with Crippen LogP contribution in [0.3, 0.4) is 0 Å². The Kier molecular flexibility index (Phi) is 4.14. The van der Waals surface area contributed by atoms with Gasteiger partial charge in [-0.05, 0) is 34.8 Å². The normalized spacial score (nSPS) is 22.8. The molecule has 2 fully saturated rings. The van der Waals surface area contributed by atoms with Crippen molar-refractivity contribution in [3.8, 4) is 0 Å². The first-order valence-corrected chi connectivity index (χ1v) is 7.89. The third-order valence-electron chi connectivity index (χ3n) is 3.80. The summed E-state index contributed by atoms with van der Waals surface area (Å²) in [5, 5.41) is 3.29. The SMILES string of the molecule is CN(CC1CNCCO1)C(=O)c1cc(Br)cn1C1CC1. The number of nitrogens with zero attached hydrogens (tertiary/aromatic N) is 2. The van der Waals surface area contributed by atoms with E-state index in [4.69, 9.17) is 4.74 Å². The third kappa shape index (κ3) is 3.07. The summed E-state index contributed by atoms with van der Waals surface area (Å²) in [4.78, 5) is 14.4. The van der Waals surface area contributed by atoms with Crippen LogP contribution in [0.15, 0.2) is 16.7 Å². The van der Waals surface area contributed by atoms with Crippen LogP contribution in [0.5, 0.6) is 0 Å². The van der Waals surface area contributed by atoms with Gasteiger partial charge in [0.15, 0.2) is 0 Å². The zero-order valence-corrected chi connectivity index (χ0v) is 13.2. The molecule has 1 aliphatic carbocycles. The van der Waals surface area contributed by atoms with E-state index in [1.807, 2.05) is 19.3 Å². The first-order chi connectivity index (χ1) is 9.65. The Hall–Kier alpha value is -0.850. The Morgan fingerprint density at radius 2 is 2.40 bits per heavy atom. The number of amides is 1. The molecule has 0 aromatic carbocycles. The van der Waals surface area contributed by atoms with Crippen molar-refractivity contribution >= 4 is 21.8 Å². The molecule has 5 nitrogen and oxygen atoms in total. The maximum atomic E-state index is 12.6. The minimum Gasteiger partial charge on any atom is -0.374 e. The summed E-state index contributed by atoms with van der Waals surface area (Å²) in [5.74, 6) is 0.0665. The highest BCUT2D eigenvalue weighted by Gasteiger charge is 2.29. The van der Waals surface area contributed by atoms with Crippen molar-refractivity contribution in [1.29, 1.82) is 0 Å². The van der Waals surface area contributed by atoms with Gasteiger partial charge in [0.1, 0.15) is 5.69 Å². The number of halogens is 1. The standard InChI is InChI=1S/C14H20BrN3O2/c1-17(9-12-7-16-4-5-20-12)14(19)13-6-10(15)8-18(13)11-2-3-11/h6,8,11-12,16H,2-5,7,9H2,1H3. The molecule has 1 unspecified atom stereocenters. The lowest BCUT2D eigenvalue weighted by Crippen LogP contribution is -2.46. The van der Waals surface area contributed by atoms with E-state index >= 15 is 0 Å². The lowest BCUT2D eigenvalue weighted by atomic mass is 10.2. The number of ether oxygens (including phenoxy) is 1. The lowest BCUT2D eigenvalue weighted by Gasteiger charge is -2.28. The molecule has 2 aliphatic rings. The topological polar surface area (TPSA) is 46.5 Å². The first kappa shape index (κ1) is 14.1. The van der Waals surface area contributed by atoms with Gasteiger partial charge in [-0.25, -0.2) is 0 Å². The second kappa shape index (κ2) is 5.87. The van der Waals surface area contributed by atoms with E-state index < -0.39 is 0 Å². The van der Waals surface area contributed by atoms with Crippen LogP contribution in [0.1, 0.15) is 29.4 Å². The average Bonchev–Trinajstić information content (AvgIpc) is 3.22. The highest BCUT2D eigenvalue weighted by atomic mass is 79.9. The Balaban J connectivity index is 1.68. The number of hydrogen-bond donors (Lipinski definition) is 1. The van der Waals surface area contributed by atoms with Gasteiger partial charge in [-0.1, -0.05) is 0 Å². The molecular weight excluding hydrogens is 322 g/mol. The average molecular weight is 342 g/mol. The van der Waals surface area contributed by atoms with E-state index in [-0.39, 0.29) is 12.0 Å². The van der Waals surface area contributed by atoms with Crippen molar-refractivity contribution in [2.24, 2.45) is 0 Å². The molecule has 1 aromatic heterocycles. The number of hydrogen-bond acceptors (Lipinski definition) is 3. The minimum absolute atomic E-state index is 0.0665. The zero-order valence-electron chi connectivity index (χ0n) is 11.6. The molecule has 110 valence electrons. The number of morpholine rings is 1. The molecule has 0 spiro atoms. The lowest BCUT2D eigenvalue weighted by molar-refractivity contribution is 0.0101. The number of carbonyl (C=O) groups is 1. The molecule has 0 bridgehead atoms. The van der Waals surface area contributed by atoms with Crippen LogP contribution in [0.4, 0.5) is 0 Å². The van der Waals surface area contributed by atoms with Gasteiger partial charge in [-0.3, -0.25) is 4.79 Å². The molecule has 1 aromatic rings. The van der Waals surface area contributed by atoms with E-state index in [2.05, 4.69) is 25.8 Å². The number of aromatic nitrogens is 1. The van der Waals surface area contributed by atoms with E-state index in [0.29, 0.717) is 12.6 Å². The first-order valence-electron chi connectivity index (χ1n) is 7.10. The van der Waals surface area contributed by atoms with Crippen molar-refractivity contribution < 1.29 is 9.53 Å². The van der Waals surface area contributed by atoms with Gasteiger partial charge in [0.25, 0.3) is 5.91 Å². The summed E-state index contributed by atoms with van der Waals surface area (Å²) in [6.07, 6.45) is 4.43. The Bertz CT molecular complexity index is 493. The van der Waals surface area contributed by atoms with Gasteiger partial charge in [0.05, 0.1) is 12.7 Å². The molecule has 0 radical (unpaired) electrons. The smallest absolute Gasteiger partial charge is 0.270 e. The third-order valence-corrected chi connectivity index (χ3v) is 4.24. The molecule has 1 aliphatic heterocycles. The largest absolute Gasteiger partial charge is 0.374 e. The summed E-state index contributed by atoms with van der Waals surface area (Å²) in [7, 11) is 1.85. The molecule has 3 rings (SSSR count). The molecule has 1 N–H and O–H groups in total. The molecule has 1 saturated carbocycles.